The zero-order valence-electron chi connectivity index (χ0n) is 15.8. The molecular weight excluding hydrogens is 458 g/mol. The number of rotatable bonds is 8. The minimum absolute atomic E-state index is 0.0365. The predicted molar refractivity (Wildman–Crippen MR) is 117 cm³/mol. The monoisotopic (exact) mass is 475 g/mol. The van der Waals surface area contributed by atoms with Gasteiger partial charge in [0.25, 0.3) is 0 Å². The first kappa shape index (κ1) is 22.8. The number of nitrogens with one attached hydrogen (secondary N) is 2. The molecule has 0 amide bonds. The van der Waals surface area contributed by atoms with E-state index in [9.17, 15) is 13.2 Å². The Morgan fingerprint density at radius 2 is 1.90 bits per heavy atom. The van der Waals surface area contributed by atoms with Gasteiger partial charge in [-0.05, 0) is 36.8 Å². The molecule has 10 heteroatoms. The smallest absolute Gasteiger partial charge is 0.456 e. The molecule has 4 nitrogen and oxygen atoms in total. The first-order chi connectivity index (χ1) is 14.2. The maximum absolute atomic E-state index is 12.2. The van der Waals surface area contributed by atoms with E-state index in [1.54, 1.807) is 18.2 Å². The van der Waals surface area contributed by atoms with Crippen LogP contribution in [-0.4, -0.2) is 23.6 Å². The van der Waals surface area contributed by atoms with Gasteiger partial charge in [-0.2, -0.15) is 13.2 Å². The van der Waals surface area contributed by atoms with Crippen LogP contribution in [0.15, 0.2) is 42.5 Å². The molecule has 0 unspecified atom stereocenters. The highest BCUT2D eigenvalue weighted by Crippen LogP contribution is 2.31. The summed E-state index contributed by atoms with van der Waals surface area (Å²) in [5.41, 5.74) is -1.08. The minimum Gasteiger partial charge on any atom is -0.490 e. The number of halogens is 5. The number of anilines is 1. The lowest BCUT2D eigenvalue weighted by atomic mass is 10.1. The van der Waals surface area contributed by atoms with Gasteiger partial charge >= 0.3 is 5.51 Å². The molecule has 1 aromatic heterocycles. The highest BCUT2D eigenvalue weighted by Gasteiger charge is 2.28. The van der Waals surface area contributed by atoms with Gasteiger partial charge in [-0.3, -0.25) is 4.72 Å². The van der Waals surface area contributed by atoms with Gasteiger partial charge in [0.15, 0.2) is 0 Å². The number of fused-ring (bicyclic) bond motifs is 1. The fourth-order valence-electron chi connectivity index (χ4n) is 2.80. The van der Waals surface area contributed by atoms with Crippen LogP contribution in [0.5, 0.6) is 5.75 Å². The second-order valence-corrected chi connectivity index (χ2v) is 8.13. The number of para-hydroxylation sites is 1. The molecule has 0 aliphatic carbocycles. The summed E-state index contributed by atoms with van der Waals surface area (Å²) >= 11 is 11.7. The molecule has 160 valence electrons. The number of alkyl halides is 3. The topological polar surface area (TPSA) is 46.2 Å². The molecule has 0 aliphatic heterocycles. The van der Waals surface area contributed by atoms with Gasteiger partial charge in [0.05, 0.1) is 10.0 Å². The molecule has 0 saturated carbocycles. The number of pyridine rings is 1. The van der Waals surface area contributed by atoms with Crippen LogP contribution in [0.3, 0.4) is 0 Å². The summed E-state index contributed by atoms with van der Waals surface area (Å²) in [5.74, 6) is 0.507. The van der Waals surface area contributed by atoms with E-state index in [0.29, 0.717) is 27.9 Å². The van der Waals surface area contributed by atoms with Crippen LogP contribution in [0.2, 0.25) is 10.0 Å². The van der Waals surface area contributed by atoms with E-state index < -0.39 is 5.51 Å². The number of aromatic nitrogens is 1. The van der Waals surface area contributed by atoms with E-state index in [1.807, 2.05) is 31.2 Å². The van der Waals surface area contributed by atoms with Crippen LogP contribution >= 0.6 is 35.1 Å². The Labute approximate surface area is 186 Å². The van der Waals surface area contributed by atoms with Crippen molar-refractivity contribution in [2.75, 3.05) is 18.5 Å². The summed E-state index contributed by atoms with van der Waals surface area (Å²) in [6.45, 7) is 2.50. The molecule has 2 N–H and O–H groups in total. The highest BCUT2D eigenvalue weighted by molar-refractivity contribution is 7.98. The Hall–Kier alpha value is -1.87. The van der Waals surface area contributed by atoms with Crippen molar-refractivity contribution < 1.29 is 17.9 Å². The van der Waals surface area contributed by atoms with Gasteiger partial charge in [-0.1, -0.05) is 41.4 Å². The standard InChI is InChI=1S/C20H18Cl2F3N3OS/c1-12-9-17(26-11-13-5-6-15(21)16(22)10-13)14-3-2-4-18(19(14)28-12)29-8-7-27-30-20(23,24)25/h2-6,9-10,27H,7-8,11H2,1H3,(H,26,28). The number of benzene rings is 2. The van der Waals surface area contributed by atoms with Crippen molar-refractivity contribution in [3.63, 3.8) is 0 Å². The van der Waals surface area contributed by atoms with Crippen LogP contribution in [-0.2, 0) is 6.54 Å². The maximum atomic E-state index is 12.2. The average Bonchev–Trinajstić information content (AvgIpc) is 2.67. The van der Waals surface area contributed by atoms with E-state index in [0.717, 1.165) is 22.3 Å². The van der Waals surface area contributed by atoms with E-state index >= 15 is 0 Å². The van der Waals surface area contributed by atoms with Gasteiger partial charge in [-0.15, -0.1) is 0 Å². The highest BCUT2D eigenvalue weighted by atomic mass is 35.5. The number of hydrogen-bond acceptors (Lipinski definition) is 5. The number of hydrogen-bond donors (Lipinski definition) is 2. The van der Waals surface area contributed by atoms with Crippen molar-refractivity contribution in [2.24, 2.45) is 0 Å². The third-order valence-electron chi connectivity index (χ3n) is 4.05. The van der Waals surface area contributed by atoms with E-state index in [4.69, 9.17) is 27.9 Å². The molecule has 3 rings (SSSR count). The molecule has 0 atom stereocenters. The van der Waals surface area contributed by atoms with Crippen LogP contribution in [0.4, 0.5) is 18.9 Å². The zero-order valence-corrected chi connectivity index (χ0v) is 18.1. The van der Waals surface area contributed by atoms with Crippen molar-refractivity contribution in [3.05, 3.63) is 63.8 Å². The zero-order chi connectivity index (χ0) is 21.7. The molecular formula is C20H18Cl2F3N3OS. The molecule has 0 aliphatic rings. The van der Waals surface area contributed by atoms with Gasteiger partial charge < -0.3 is 10.1 Å². The van der Waals surface area contributed by atoms with Crippen molar-refractivity contribution >= 4 is 51.7 Å². The Morgan fingerprint density at radius 3 is 2.63 bits per heavy atom. The van der Waals surface area contributed by atoms with Gasteiger partial charge in [0.2, 0.25) is 0 Å². The van der Waals surface area contributed by atoms with Crippen LogP contribution in [0.25, 0.3) is 10.9 Å². The third kappa shape index (κ3) is 6.31. The summed E-state index contributed by atoms with van der Waals surface area (Å²) in [4.78, 5) is 4.55. The lowest BCUT2D eigenvalue weighted by Crippen LogP contribution is -2.19. The first-order valence-corrected chi connectivity index (χ1v) is 10.5. The SMILES string of the molecule is Cc1cc(NCc2ccc(Cl)c(Cl)c2)c2cccc(OCCNSC(F)(F)F)c2n1. The molecule has 2 aromatic carbocycles. The molecule has 1 heterocycles. The molecule has 0 fully saturated rings. The molecule has 0 radical (unpaired) electrons. The second-order valence-electron chi connectivity index (χ2n) is 6.36. The lowest BCUT2D eigenvalue weighted by Gasteiger charge is -2.14. The largest absolute Gasteiger partial charge is 0.490 e. The number of nitrogens with zero attached hydrogens (tertiary/aromatic N) is 1. The number of ether oxygens (including phenoxy) is 1. The Bertz CT molecular complexity index is 1030. The molecule has 0 saturated heterocycles. The average molecular weight is 476 g/mol. The third-order valence-corrected chi connectivity index (χ3v) is 5.37. The lowest BCUT2D eigenvalue weighted by molar-refractivity contribution is -0.0336. The molecule has 0 bridgehead atoms. The second kappa shape index (κ2) is 9.96. The fourth-order valence-corrected chi connectivity index (χ4v) is 3.47. The van der Waals surface area contributed by atoms with Crippen molar-refractivity contribution in [2.45, 2.75) is 19.0 Å². The first-order valence-electron chi connectivity index (χ1n) is 8.91. The summed E-state index contributed by atoms with van der Waals surface area (Å²) in [6, 6.07) is 12.8. The molecule has 30 heavy (non-hydrogen) atoms. The Kier molecular flexibility index (Phi) is 7.57. The Balaban J connectivity index is 1.73. The predicted octanol–water partition coefficient (Wildman–Crippen LogP) is 6.60. The normalized spacial score (nSPS) is 11.7. The van der Waals surface area contributed by atoms with Crippen molar-refractivity contribution in [1.29, 1.82) is 0 Å². The maximum Gasteiger partial charge on any atom is 0.456 e. The summed E-state index contributed by atoms with van der Waals surface area (Å²) < 4.78 is 44.4. The quantitative estimate of drug-likeness (QED) is 0.284. The van der Waals surface area contributed by atoms with E-state index in [2.05, 4.69) is 15.0 Å². The Morgan fingerprint density at radius 1 is 1.10 bits per heavy atom. The van der Waals surface area contributed by atoms with Gasteiger partial charge in [0, 0.05) is 41.8 Å². The van der Waals surface area contributed by atoms with Crippen LogP contribution in [0, 0.1) is 6.92 Å². The van der Waals surface area contributed by atoms with Gasteiger partial charge in [-0.25, -0.2) is 4.98 Å². The fraction of sp³-hybridized carbons (Fsp3) is 0.250. The molecule has 0 spiro atoms. The summed E-state index contributed by atoms with van der Waals surface area (Å²) in [6.07, 6.45) is 0. The van der Waals surface area contributed by atoms with Crippen molar-refractivity contribution in [3.8, 4) is 5.75 Å². The van der Waals surface area contributed by atoms with Crippen LogP contribution < -0.4 is 14.8 Å². The van der Waals surface area contributed by atoms with Gasteiger partial charge in [0.1, 0.15) is 17.9 Å². The van der Waals surface area contributed by atoms with Crippen molar-refractivity contribution in [1.82, 2.24) is 9.71 Å². The van der Waals surface area contributed by atoms with E-state index in [1.165, 1.54) is 0 Å². The number of aryl methyl sites for hydroxylation is 1. The van der Waals surface area contributed by atoms with Crippen LogP contribution in [0.1, 0.15) is 11.3 Å². The summed E-state index contributed by atoms with van der Waals surface area (Å²) in [7, 11) is 0. The summed E-state index contributed by atoms with van der Waals surface area (Å²) in [5, 5.41) is 5.20. The minimum atomic E-state index is -4.33. The van der Waals surface area contributed by atoms with E-state index in [-0.39, 0.29) is 25.1 Å². The molecule has 3 aromatic rings.